The molecule has 8 nitrogen and oxygen atoms in total. The van der Waals surface area contributed by atoms with E-state index in [1.165, 1.54) is 11.8 Å². The van der Waals surface area contributed by atoms with Crippen molar-refractivity contribution in [2.45, 2.75) is 25.4 Å². The monoisotopic (exact) mass is 492 g/mol. The highest BCUT2D eigenvalue weighted by molar-refractivity contribution is 7.99. The van der Waals surface area contributed by atoms with Crippen molar-refractivity contribution in [3.05, 3.63) is 66.0 Å². The maximum absolute atomic E-state index is 12.6. The van der Waals surface area contributed by atoms with Gasteiger partial charge < -0.3 is 19.5 Å². The molecule has 1 N–H and O–H groups in total. The summed E-state index contributed by atoms with van der Waals surface area (Å²) >= 11 is 1.42. The SMILES string of the molecule is CCOc1ccccc1CNC(=O)CSc1cc(C)nc2c(-c3ccc(OC)c(OC)c3)cnn12. The van der Waals surface area contributed by atoms with Crippen LogP contribution in [0, 0.1) is 6.92 Å². The van der Waals surface area contributed by atoms with Gasteiger partial charge in [0.1, 0.15) is 10.8 Å². The highest BCUT2D eigenvalue weighted by Crippen LogP contribution is 2.34. The van der Waals surface area contributed by atoms with Gasteiger partial charge in [0.25, 0.3) is 0 Å². The predicted octanol–water partition coefficient (Wildman–Crippen LogP) is 4.53. The third-order valence-corrected chi connectivity index (χ3v) is 6.35. The zero-order chi connectivity index (χ0) is 24.8. The second-order valence-corrected chi connectivity index (χ2v) is 8.70. The molecule has 0 aliphatic carbocycles. The van der Waals surface area contributed by atoms with E-state index in [0.717, 1.165) is 33.2 Å². The number of ether oxygens (including phenoxy) is 3. The molecule has 0 aliphatic heterocycles. The number of methoxy groups -OCH3 is 2. The van der Waals surface area contributed by atoms with E-state index in [2.05, 4.69) is 10.4 Å². The number of carbonyl (C=O) groups is 1. The summed E-state index contributed by atoms with van der Waals surface area (Å²) in [5, 5.41) is 8.36. The van der Waals surface area contributed by atoms with E-state index >= 15 is 0 Å². The van der Waals surface area contributed by atoms with Gasteiger partial charge in [0.05, 0.1) is 32.8 Å². The van der Waals surface area contributed by atoms with E-state index in [4.69, 9.17) is 19.2 Å². The quantitative estimate of drug-likeness (QED) is 0.257. The third-order valence-electron chi connectivity index (χ3n) is 5.36. The molecule has 0 aliphatic rings. The van der Waals surface area contributed by atoms with Crippen LogP contribution in [0.2, 0.25) is 0 Å². The summed E-state index contributed by atoms with van der Waals surface area (Å²) in [7, 11) is 3.21. The van der Waals surface area contributed by atoms with Crippen LogP contribution in [-0.4, -0.2) is 47.1 Å². The number of fused-ring (bicyclic) bond motifs is 1. The van der Waals surface area contributed by atoms with E-state index in [1.807, 2.05) is 62.4 Å². The predicted molar refractivity (Wildman–Crippen MR) is 136 cm³/mol. The molecule has 0 spiro atoms. The van der Waals surface area contributed by atoms with Crippen molar-refractivity contribution in [1.29, 1.82) is 0 Å². The highest BCUT2D eigenvalue weighted by Gasteiger charge is 2.15. The van der Waals surface area contributed by atoms with Gasteiger partial charge in [-0.25, -0.2) is 9.50 Å². The first kappa shape index (κ1) is 24.4. The molecule has 4 rings (SSSR count). The lowest BCUT2D eigenvalue weighted by Crippen LogP contribution is -2.25. The molecule has 2 aromatic carbocycles. The molecule has 9 heteroatoms. The molecule has 0 radical (unpaired) electrons. The lowest BCUT2D eigenvalue weighted by molar-refractivity contribution is -0.118. The first-order valence-electron chi connectivity index (χ1n) is 11.2. The standard InChI is InChI=1S/C26H28N4O4S/c1-5-34-21-9-7-6-8-19(21)14-27-24(31)16-35-25-12-17(2)29-26-20(15-28-30(25)26)18-10-11-22(32-3)23(13-18)33-4/h6-13,15H,5,14,16H2,1-4H3,(H,27,31). The first-order chi connectivity index (χ1) is 17.0. The lowest BCUT2D eigenvalue weighted by atomic mass is 10.1. The molecule has 1 amide bonds. The van der Waals surface area contributed by atoms with Crippen molar-refractivity contribution in [3.63, 3.8) is 0 Å². The highest BCUT2D eigenvalue weighted by atomic mass is 32.2. The minimum Gasteiger partial charge on any atom is -0.494 e. The molecular weight excluding hydrogens is 464 g/mol. The molecular formula is C26H28N4O4S. The zero-order valence-corrected chi connectivity index (χ0v) is 21.0. The van der Waals surface area contributed by atoms with Gasteiger partial charge in [-0.05, 0) is 43.7 Å². The number of amides is 1. The summed E-state index contributed by atoms with van der Waals surface area (Å²) in [5.41, 5.74) is 4.28. The Bertz CT molecular complexity index is 1340. The first-order valence-corrected chi connectivity index (χ1v) is 12.2. The summed E-state index contributed by atoms with van der Waals surface area (Å²) in [6.45, 7) is 4.86. The summed E-state index contributed by atoms with van der Waals surface area (Å²) < 4.78 is 18.2. The Hall–Kier alpha value is -3.72. The van der Waals surface area contributed by atoms with E-state index in [-0.39, 0.29) is 11.7 Å². The average Bonchev–Trinajstić information content (AvgIpc) is 3.30. The zero-order valence-electron chi connectivity index (χ0n) is 20.2. The Morgan fingerprint density at radius 3 is 2.63 bits per heavy atom. The maximum Gasteiger partial charge on any atom is 0.230 e. The van der Waals surface area contributed by atoms with Crippen LogP contribution in [-0.2, 0) is 11.3 Å². The molecule has 182 valence electrons. The third kappa shape index (κ3) is 5.51. The maximum atomic E-state index is 12.6. The number of carbonyl (C=O) groups excluding carboxylic acids is 1. The van der Waals surface area contributed by atoms with Gasteiger partial charge in [-0.3, -0.25) is 4.79 Å². The minimum atomic E-state index is -0.0730. The second kappa shape index (κ2) is 11.1. The Kier molecular flexibility index (Phi) is 7.77. The molecule has 2 heterocycles. The molecule has 4 aromatic rings. The molecule has 0 saturated heterocycles. The fourth-order valence-electron chi connectivity index (χ4n) is 3.69. The van der Waals surface area contributed by atoms with Crippen LogP contribution in [0.1, 0.15) is 18.2 Å². The second-order valence-electron chi connectivity index (χ2n) is 7.71. The van der Waals surface area contributed by atoms with Crippen molar-refractivity contribution in [2.24, 2.45) is 0 Å². The summed E-state index contributed by atoms with van der Waals surface area (Å²) in [5.74, 6) is 2.25. The van der Waals surface area contributed by atoms with Crippen LogP contribution < -0.4 is 19.5 Å². The fourth-order valence-corrected chi connectivity index (χ4v) is 4.58. The van der Waals surface area contributed by atoms with E-state index in [9.17, 15) is 4.79 Å². The van der Waals surface area contributed by atoms with Gasteiger partial charge in [0.2, 0.25) is 5.91 Å². The Labute approximate surface area is 208 Å². The number of para-hydroxylation sites is 1. The van der Waals surface area contributed by atoms with Crippen LogP contribution in [0.3, 0.4) is 0 Å². The van der Waals surface area contributed by atoms with E-state index in [1.54, 1.807) is 24.9 Å². The van der Waals surface area contributed by atoms with Crippen molar-refractivity contribution >= 4 is 23.3 Å². The molecule has 0 unspecified atom stereocenters. The number of aromatic nitrogens is 3. The number of aryl methyl sites for hydroxylation is 1. The number of nitrogens with zero attached hydrogens (tertiary/aromatic N) is 3. The summed E-state index contributed by atoms with van der Waals surface area (Å²) in [6.07, 6.45) is 1.78. The minimum absolute atomic E-state index is 0.0730. The molecule has 35 heavy (non-hydrogen) atoms. The molecule has 0 atom stereocenters. The Morgan fingerprint density at radius 1 is 1.06 bits per heavy atom. The van der Waals surface area contributed by atoms with Gasteiger partial charge >= 0.3 is 0 Å². The summed E-state index contributed by atoms with van der Waals surface area (Å²) in [6, 6.07) is 15.4. The van der Waals surface area contributed by atoms with Crippen LogP contribution >= 0.6 is 11.8 Å². The van der Waals surface area contributed by atoms with Gasteiger partial charge in [-0.2, -0.15) is 5.10 Å². The van der Waals surface area contributed by atoms with Crippen molar-refractivity contribution in [2.75, 3.05) is 26.6 Å². The topological polar surface area (TPSA) is 87.0 Å². The van der Waals surface area contributed by atoms with Crippen molar-refractivity contribution < 1.29 is 19.0 Å². The average molecular weight is 493 g/mol. The van der Waals surface area contributed by atoms with Crippen LogP contribution in [0.5, 0.6) is 17.2 Å². The van der Waals surface area contributed by atoms with Gasteiger partial charge in [-0.15, -0.1) is 0 Å². The van der Waals surface area contributed by atoms with Gasteiger partial charge in [0, 0.05) is 23.4 Å². The largest absolute Gasteiger partial charge is 0.494 e. The van der Waals surface area contributed by atoms with Crippen LogP contribution in [0.15, 0.2) is 59.8 Å². The Balaban J connectivity index is 1.50. The number of benzene rings is 2. The smallest absolute Gasteiger partial charge is 0.230 e. The molecule has 2 aromatic heterocycles. The van der Waals surface area contributed by atoms with Gasteiger partial charge in [0.15, 0.2) is 17.1 Å². The number of rotatable bonds is 10. The van der Waals surface area contributed by atoms with Crippen LogP contribution in [0.25, 0.3) is 16.8 Å². The normalized spacial score (nSPS) is 10.9. The molecule has 0 bridgehead atoms. The molecule has 0 fully saturated rings. The Morgan fingerprint density at radius 2 is 1.86 bits per heavy atom. The molecule has 0 saturated carbocycles. The van der Waals surface area contributed by atoms with Gasteiger partial charge in [-0.1, -0.05) is 36.0 Å². The summed E-state index contributed by atoms with van der Waals surface area (Å²) in [4.78, 5) is 17.3. The fraction of sp³-hybridized carbons (Fsp3) is 0.269. The van der Waals surface area contributed by atoms with E-state index < -0.39 is 0 Å². The number of hydrogen-bond acceptors (Lipinski definition) is 7. The van der Waals surface area contributed by atoms with Crippen molar-refractivity contribution in [1.82, 2.24) is 19.9 Å². The number of thioether (sulfide) groups is 1. The number of hydrogen-bond donors (Lipinski definition) is 1. The lowest BCUT2D eigenvalue weighted by Gasteiger charge is -2.11. The number of nitrogens with one attached hydrogen (secondary N) is 1. The van der Waals surface area contributed by atoms with Crippen molar-refractivity contribution in [3.8, 4) is 28.4 Å². The van der Waals surface area contributed by atoms with Crippen LogP contribution in [0.4, 0.5) is 0 Å². The van der Waals surface area contributed by atoms with E-state index in [0.29, 0.717) is 30.3 Å².